The quantitative estimate of drug-likeness (QED) is 0.672. The van der Waals surface area contributed by atoms with Gasteiger partial charge in [-0.1, -0.05) is 6.08 Å². The van der Waals surface area contributed by atoms with E-state index < -0.39 is 5.60 Å². The maximum atomic E-state index is 12.4. The van der Waals surface area contributed by atoms with Crippen LogP contribution in [0.5, 0.6) is 0 Å². The van der Waals surface area contributed by atoms with Gasteiger partial charge in [0.15, 0.2) is 0 Å². The molecule has 1 atom stereocenters. The lowest BCUT2D eigenvalue weighted by Gasteiger charge is -2.40. The topological polar surface area (TPSA) is 51.2 Å². The molecule has 0 N–H and O–H groups in total. The molecule has 1 amide bonds. The van der Waals surface area contributed by atoms with Crippen LogP contribution in [0.1, 0.15) is 67.7 Å². The minimum absolute atomic E-state index is 0.192. The van der Waals surface area contributed by atoms with Gasteiger partial charge >= 0.3 is 13.2 Å². The van der Waals surface area contributed by atoms with Crippen molar-refractivity contribution < 1.29 is 18.8 Å². The van der Waals surface area contributed by atoms with Gasteiger partial charge in [0, 0.05) is 32.2 Å². The fourth-order valence-electron chi connectivity index (χ4n) is 3.99. The first kappa shape index (κ1) is 21.7. The van der Waals surface area contributed by atoms with Crippen LogP contribution in [0.2, 0.25) is 0 Å². The summed E-state index contributed by atoms with van der Waals surface area (Å²) in [4.78, 5) is 16.8. The highest BCUT2D eigenvalue weighted by Crippen LogP contribution is 2.39. The van der Waals surface area contributed by atoms with Gasteiger partial charge in [0.1, 0.15) is 5.60 Å². The summed E-state index contributed by atoms with van der Waals surface area (Å²) < 4.78 is 18.0. The SMILES string of the molecule is CC(C)(C)OC(=O)N1CCC[C@H](N2CC=C(B3OC(C)(C)C(C)(C)O3)CC2)C1. The molecular formula is C21H37BN2O4. The van der Waals surface area contributed by atoms with Crippen LogP contribution in [-0.2, 0) is 14.0 Å². The van der Waals surface area contributed by atoms with E-state index in [0.717, 1.165) is 45.4 Å². The molecule has 3 heterocycles. The Labute approximate surface area is 170 Å². The van der Waals surface area contributed by atoms with Crippen LogP contribution in [0.15, 0.2) is 11.5 Å². The van der Waals surface area contributed by atoms with E-state index in [2.05, 4.69) is 38.7 Å². The normalized spacial score (nSPS) is 28.2. The zero-order valence-electron chi connectivity index (χ0n) is 18.7. The molecule has 3 rings (SSSR count). The number of rotatable bonds is 2. The van der Waals surface area contributed by atoms with Crippen LogP contribution < -0.4 is 0 Å². The lowest BCUT2D eigenvalue weighted by molar-refractivity contribution is 0.00578. The van der Waals surface area contributed by atoms with Crippen molar-refractivity contribution in [3.05, 3.63) is 11.5 Å². The maximum Gasteiger partial charge on any atom is 0.490 e. The molecule has 2 saturated heterocycles. The van der Waals surface area contributed by atoms with Crippen LogP contribution in [0, 0.1) is 0 Å². The van der Waals surface area contributed by atoms with Crippen molar-refractivity contribution in [3.8, 4) is 0 Å². The van der Waals surface area contributed by atoms with Gasteiger partial charge in [-0.3, -0.25) is 4.90 Å². The predicted octanol–water partition coefficient (Wildman–Crippen LogP) is 3.65. The lowest BCUT2D eigenvalue weighted by Crippen LogP contribution is -2.52. The number of amides is 1. The van der Waals surface area contributed by atoms with Gasteiger partial charge in [0.25, 0.3) is 0 Å². The molecule has 3 aliphatic rings. The van der Waals surface area contributed by atoms with Crippen molar-refractivity contribution in [1.29, 1.82) is 0 Å². The minimum atomic E-state index is -0.449. The first-order chi connectivity index (χ1) is 12.9. The Hall–Kier alpha value is -1.05. The highest BCUT2D eigenvalue weighted by Gasteiger charge is 2.52. The molecule has 0 aliphatic carbocycles. The van der Waals surface area contributed by atoms with Crippen molar-refractivity contribution in [3.63, 3.8) is 0 Å². The number of carbonyl (C=O) groups excluding carboxylic acids is 1. The number of carbonyl (C=O) groups is 1. The summed E-state index contributed by atoms with van der Waals surface area (Å²) >= 11 is 0. The third-order valence-electron chi connectivity index (χ3n) is 6.40. The summed E-state index contributed by atoms with van der Waals surface area (Å²) in [7, 11) is -0.239. The fraction of sp³-hybridized carbons (Fsp3) is 0.857. The highest BCUT2D eigenvalue weighted by molar-refractivity contribution is 6.54. The van der Waals surface area contributed by atoms with Crippen molar-refractivity contribution in [1.82, 2.24) is 9.80 Å². The number of hydrogen-bond acceptors (Lipinski definition) is 5. The zero-order valence-corrected chi connectivity index (χ0v) is 18.7. The van der Waals surface area contributed by atoms with Gasteiger partial charge in [0.2, 0.25) is 0 Å². The van der Waals surface area contributed by atoms with Crippen LogP contribution >= 0.6 is 0 Å². The molecule has 0 aromatic heterocycles. The van der Waals surface area contributed by atoms with Crippen LogP contribution in [0.4, 0.5) is 4.79 Å². The Morgan fingerprint density at radius 3 is 2.36 bits per heavy atom. The fourth-order valence-corrected chi connectivity index (χ4v) is 3.99. The zero-order chi connectivity index (χ0) is 20.7. The Morgan fingerprint density at radius 2 is 1.82 bits per heavy atom. The molecule has 158 valence electrons. The smallest absolute Gasteiger partial charge is 0.444 e. The number of nitrogens with zero attached hydrogens (tertiary/aromatic N) is 2. The number of hydrogen-bond donors (Lipinski definition) is 0. The first-order valence-corrected chi connectivity index (χ1v) is 10.6. The molecule has 0 spiro atoms. The van der Waals surface area contributed by atoms with E-state index in [4.69, 9.17) is 14.0 Å². The Balaban J connectivity index is 1.56. The maximum absolute atomic E-state index is 12.4. The molecular weight excluding hydrogens is 355 g/mol. The number of likely N-dealkylation sites (tertiary alicyclic amines) is 1. The average Bonchev–Trinajstić information content (AvgIpc) is 2.81. The summed E-state index contributed by atoms with van der Waals surface area (Å²) in [5.74, 6) is 0. The second kappa shape index (κ2) is 7.65. The van der Waals surface area contributed by atoms with E-state index in [-0.39, 0.29) is 24.4 Å². The molecule has 0 bridgehead atoms. The molecule has 0 radical (unpaired) electrons. The molecule has 0 aromatic carbocycles. The van der Waals surface area contributed by atoms with Crippen molar-refractivity contribution >= 4 is 13.2 Å². The van der Waals surface area contributed by atoms with Crippen molar-refractivity contribution in [2.24, 2.45) is 0 Å². The monoisotopic (exact) mass is 392 g/mol. The Morgan fingerprint density at radius 1 is 1.18 bits per heavy atom. The van der Waals surface area contributed by atoms with E-state index in [1.54, 1.807) is 0 Å². The lowest BCUT2D eigenvalue weighted by atomic mass is 9.74. The number of piperidine rings is 1. The summed E-state index contributed by atoms with van der Waals surface area (Å²) in [6, 6.07) is 0.386. The third-order valence-corrected chi connectivity index (χ3v) is 6.40. The van der Waals surface area contributed by atoms with E-state index >= 15 is 0 Å². The van der Waals surface area contributed by atoms with Gasteiger partial charge < -0.3 is 18.9 Å². The first-order valence-electron chi connectivity index (χ1n) is 10.6. The molecule has 3 aliphatic heterocycles. The summed E-state index contributed by atoms with van der Waals surface area (Å²) in [5.41, 5.74) is 0.199. The average molecular weight is 392 g/mol. The molecule has 2 fully saturated rings. The van der Waals surface area contributed by atoms with Gasteiger partial charge in [-0.25, -0.2) is 4.79 Å². The predicted molar refractivity (Wildman–Crippen MR) is 111 cm³/mol. The molecule has 6 nitrogen and oxygen atoms in total. The van der Waals surface area contributed by atoms with Crippen LogP contribution in [0.3, 0.4) is 0 Å². The Kier molecular flexibility index (Phi) is 5.92. The Bertz CT molecular complexity index is 610. The van der Waals surface area contributed by atoms with Gasteiger partial charge in [-0.15, -0.1) is 0 Å². The van der Waals surface area contributed by atoms with Crippen molar-refractivity contribution in [2.45, 2.75) is 90.6 Å². The second-order valence-electron chi connectivity index (χ2n) is 10.3. The molecule has 0 aromatic rings. The van der Waals surface area contributed by atoms with Crippen LogP contribution in [0.25, 0.3) is 0 Å². The number of ether oxygens (including phenoxy) is 1. The summed E-state index contributed by atoms with van der Waals surface area (Å²) in [6.45, 7) is 17.5. The van der Waals surface area contributed by atoms with Gasteiger partial charge in [-0.2, -0.15) is 0 Å². The summed E-state index contributed by atoms with van der Waals surface area (Å²) in [5, 5.41) is 0. The third kappa shape index (κ3) is 4.74. The largest absolute Gasteiger partial charge is 0.490 e. The van der Waals surface area contributed by atoms with E-state index in [0.29, 0.717) is 6.04 Å². The molecule has 0 unspecified atom stereocenters. The van der Waals surface area contributed by atoms with E-state index in [9.17, 15) is 4.79 Å². The van der Waals surface area contributed by atoms with Crippen molar-refractivity contribution in [2.75, 3.05) is 26.2 Å². The standard InChI is InChI=1S/C21H37BN2O4/c1-19(2,3)26-18(25)24-12-8-9-17(15-24)23-13-10-16(11-14-23)22-27-20(4,5)21(6,7)28-22/h10,17H,8-9,11-15H2,1-7H3/t17-/m0/s1. The summed E-state index contributed by atoms with van der Waals surface area (Å²) in [6.07, 6.45) is 5.16. The van der Waals surface area contributed by atoms with Gasteiger partial charge in [0.05, 0.1) is 11.2 Å². The van der Waals surface area contributed by atoms with Crippen LogP contribution in [-0.4, -0.2) is 72.0 Å². The van der Waals surface area contributed by atoms with E-state index in [1.165, 1.54) is 5.47 Å². The molecule has 7 heteroatoms. The van der Waals surface area contributed by atoms with E-state index in [1.807, 2.05) is 25.7 Å². The molecule has 0 saturated carbocycles. The van der Waals surface area contributed by atoms with Gasteiger partial charge in [-0.05, 0) is 73.2 Å². The molecule has 28 heavy (non-hydrogen) atoms. The second-order valence-corrected chi connectivity index (χ2v) is 10.3. The highest BCUT2D eigenvalue weighted by atomic mass is 16.7. The minimum Gasteiger partial charge on any atom is -0.444 e.